The van der Waals surface area contributed by atoms with Gasteiger partial charge in [-0.3, -0.25) is 0 Å². The number of carbonyl (C=O) groups is 1. The molecule has 0 aliphatic rings. The van der Waals surface area contributed by atoms with Crippen LogP contribution in [0.15, 0.2) is 6.07 Å². The smallest absolute Gasteiger partial charge is 0.357 e. The van der Waals surface area contributed by atoms with Crippen molar-refractivity contribution < 1.29 is 9.53 Å². The molecule has 70 valence electrons. The number of methoxy groups -OCH3 is 1. The van der Waals surface area contributed by atoms with Gasteiger partial charge in [-0.2, -0.15) is 0 Å². The molecule has 0 bridgehead atoms. The van der Waals surface area contributed by atoms with Gasteiger partial charge in [-0.05, 0) is 13.0 Å². The van der Waals surface area contributed by atoms with Crippen molar-refractivity contribution in [3.8, 4) is 0 Å². The molecular formula is C8H9ClN2O2. The molecule has 5 heteroatoms. The Hall–Kier alpha value is -1.29. The van der Waals surface area contributed by atoms with Crippen molar-refractivity contribution in [2.24, 2.45) is 0 Å². The van der Waals surface area contributed by atoms with Gasteiger partial charge in [0.1, 0.15) is 5.82 Å². The summed E-state index contributed by atoms with van der Waals surface area (Å²) < 4.78 is 4.51. The van der Waals surface area contributed by atoms with Gasteiger partial charge in [0, 0.05) is 10.6 Å². The maximum atomic E-state index is 11.1. The number of pyridine rings is 1. The average molecular weight is 201 g/mol. The number of rotatable bonds is 1. The summed E-state index contributed by atoms with van der Waals surface area (Å²) in [5.41, 5.74) is 6.15. The Labute approximate surface area is 80.7 Å². The van der Waals surface area contributed by atoms with Crippen LogP contribution in [0.3, 0.4) is 0 Å². The number of carbonyl (C=O) groups excluding carboxylic acids is 1. The third kappa shape index (κ3) is 1.89. The zero-order valence-corrected chi connectivity index (χ0v) is 8.05. The summed E-state index contributed by atoms with van der Waals surface area (Å²) in [6.45, 7) is 1.68. The highest BCUT2D eigenvalue weighted by Gasteiger charge is 2.14. The van der Waals surface area contributed by atoms with Gasteiger partial charge in [-0.25, -0.2) is 9.78 Å². The lowest BCUT2D eigenvalue weighted by molar-refractivity contribution is 0.0593. The standard InChI is InChI=1S/C8H9ClN2O2/c1-4-5(9)3-6(10)11-7(4)8(12)13-2/h3H,1-2H3,(H2,10,11). The van der Waals surface area contributed by atoms with E-state index in [9.17, 15) is 4.79 Å². The highest BCUT2D eigenvalue weighted by atomic mass is 35.5. The van der Waals surface area contributed by atoms with Crippen LogP contribution in [-0.2, 0) is 4.74 Å². The Morgan fingerprint density at radius 1 is 1.69 bits per heavy atom. The van der Waals surface area contributed by atoms with Crippen LogP contribution >= 0.6 is 11.6 Å². The number of nitrogens with two attached hydrogens (primary N) is 1. The highest BCUT2D eigenvalue weighted by molar-refractivity contribution is 6.32. The van der Waals surface area contributed by atoms with Crippen molar-refractivity contribution >= 4 is 23.4 Å². The number of nitrogens with zero attached hydrogens (tertiary/aromatic N) is 1. The van der Waals surface area contributed by atoms with Gasteiger partial charge in [0.05, 0.1) is 7.11 Å². The Kier molecular flexibility index (Phi) is 2.72. The number of anilines is 1. The molecule has 0 spiro atoms. The molecule has 4 nitrogen and oxygen atoms in total. The first kappa shape index (κ1) is 9.80. The minimum atomic E-state index is -0.535. The molecule has 2 N–H and O–H groups in total. The fraction of sp³-hybridized carbons (Fsp3) is 0.250. The summed E-state index contributed by atoms with van der Waals surface area (Å²) in [5, 5.41) is 0.410. The first-order valence-electron chi connectivity index (χ1n) is 3.57. The van der Waals surface area contributed by atoms with E-state index >= 15 is 0 Å². The number of hydrogen-bond acceptors (Lipinski definition) is 4. The van der Waals surface area contributed by atoms with Gasteiger partial charge in [0.25, 0.3) is 0 Å². The van der Waals surface area contributed by atoms with E-state index in [1.54, 1.807) is 6.92 Å². The molecule has 0 saturated carbocycles. The van der Waals surface area contributed by atoms with Crippen molar-refractivity contribution in [2.45, 2.75) is 6.92 Å². The Morgan fingerprint density at radius 3 is 2.85 bits per heavy atom. The molecule has 0 radical (unpaired) electrons. The molecule has 0 aliphatic heterocycles. The van der Waals surface area contributed by atoms with Crippen LogP contribution < -0.4 is 5.73 Å². The van der Waals surface area contributed by atoms with Gasteiger partial charge >= 0.3 is 5.97 Å². The lowest BCUT2D eigenvalue weighted by atomic mass is 10.2. The fourth-order valence-corrected chi connectivity index (χ4v) is 1.09. The molecule has 0 aromatic carbocycles. The third-order valence-corrected chi connectivity index (χ3v) is 2.00. The monoisotopic (exact) mass is 200 g/mol. The Bertz CT molecular complexity index is 352. The first-order valence-corrected chi connectivity index (χ1v) is 3.95. The molecule has 1 heterocycles. The number of esters is 1. The fourth-order valence-electron chi connectivity index (χ4n) is 0.892. The number of nitrogen functional groups attached to an aromatic ring is 1. The Morgan fingerprint density at radius 2 is 2.31 bits per heavy atom. The molecular weight excluding hydrogens is 192 g/mol. The van der Waals surface area contributed by atoms with Crippen LogP contribution in [-0.4, -0.2) is 18.1 Å². The summed E-state index contributed by atoms with van der Waals surface area (Å²) in [5.74, 6) is -0.331. The molecule has 1 aromatic rings. The molecule has 0 unspecified atom stereocenters. The van der Waals surface area contributed by atoms with Crippen LogP contribution in [0.4, 0.5) is 5.82 Å². The maximum Gasteiger partial charge on any atom is 0.357 e. The van der Waals surface area contributed by atoms with Crippen molar-refractivity contribution in [1.29, 1.82) is 0 Å². The lowest BCUT2D eigenvalue weighted by Crippen LogP contribution is -2.08. The van der Waals surface area contributed by atoms with E-state index in [-0.39, 0.29) is 11.5 Å². The largest absolute Gasteiger partial charge is 0.464 e. The molecule has 13 heavy (non-hydrogen) atoms. The van der Waals surface area contributed by atoms with Crippen LogP contribution in [0.5, 0.6) is 0 Å². The van der Waals surface area contributed by atoms with E-state index in [2.05, 4.69) is 9.72 Å². The second-order valence-electron chi connectivity index (χ2n) is 2.49. The molecule has 0 fully saturated rings. The summed E-state index contributed by atoms with van der Waals surface area (Å²) in [7, 11) is 1.28. The zero-order chi connectivity index (χ0) is 10.0. The minimum Gasteiger partial charge on any atom is -0.464 e. The molecule has 0 amide bonds. The van der Waals surface area contributed by atoms with Crippen molar-refractivity contribution in [1.82, 2.24) is 4.98 Å². The molecule has 0 saturated heterocycles. The summed E-state index contributed by atoms with van der Waals surface area (Å²) in [4.78, 5) is 15.0. The summed E-state index contributed by atoms with van der Waals surface area (Å²) >= 11 is 5.79. The number of halogens is 1. The third-order valence-electron chi connectivity index (χ3n) is 1.61. The molecule has 0 aliphatic carbocycles. The number of hydrogen-bond donors (Lipinski definition) is 1. The van der Waals surface area contributed by atoms with Gasteiger partial charge < -0.3 is 10.5 Å². The van der Waals surface area contributed by atoms with Crippen molar-refractivity contribution in [2.75, 3.05) is 12.8 Å². The predicted molar refractivity (Wildman–Crippen MR) is 49.7 cm³/mol. The first-order chi connectivity index (χ1) is 6.06. The van der Waals surface area contributed by atoms with Crippen LogP contribution in [0.2, 0.25) is 5.02 Å². The second-order valence-corrected chi connectivity index (χ2v) is 2.90. The SMILES string of the molecule is COC(=O)c1nc(N)cc(Cl)c1C. The van der Waals surface area contributed by atoms with Crippen LogP contribution in [0, 0.1) is 6.92 Å². The van der Waals surface area contributed by atoms with Crippen molar-refractivity contribution in [3.05, 3.63) is 22.3 Å². The molecule has 1 rings (SSSR count). The Balaban J connectivity index is 3.28. The summed E-state index contributed by atoms with van der Waals surface area (Å²) in [6, 6.07) is 1.49. The number of aromatic nitrogens is 1. The van der Waals surface area contributed by atoms with Crippen molar-refractivity contribution in [3.63, 3.8) is 0 Å². The number of ether oxygens (including phenoxy) is 1. The topological polar surface area (TPSA) is 65.2 Å². The highest BCUT2D eigenvalue weighted by Crippen LogP contribution is 2.20. The molecule has 1 aromatic heterocycles. The van der Waals surface area contributed by atoms with Crippen LogP contribution in [0.25, 0.3) is 0 Å². The van der Waals surface area contributed by atoms with Gasteiger partial charge in [-0.15, -0.1) is 0 Å². The van der Waals surface area contributed by atoms with Gasteiger partial charge in [-0.1, -0.05) is 11.6 Å². The average Bonchev–Trinajstić information content (AvgIpc) is 2.10. The van der Waals surface area contributed by atoms with E-state index in [0.29, 0.717) is 10.6 Å². The molecule has 0 atom stereocenters. The summed E-state index contributed by atoms with van der Waals surface area (Å²) in [6.07, 6.45) is 0. The minimum absolute atomic E-state index is 0.160. The predicted octanol–water partition coefficient (Wildman–Crippen LogP) is 1.41. The maximum absolute atomic E-state index is 11.1. The zero-order valence-electron chi connectivity index (χ0n) is 7.30. The normalized spacial score (nSPS) is 9.77. The van der Waals surface area contributed by atoms with E-state index in [1.165, 1.54) is 13.2 Å². The van der Waals surface area contributed by atoms with E-state index in [1.807, 2.05) is 0 Å². The van der Waals surface area contributed by atoms with E-state index in [4.69, 9.17) is 17.3 Å². The second kappa shape index (κ2) is 3.62. The van der Waals surface area contributed by atoms with Gasteiger partial charge in [0.2, 0.25) is 0 Å². The van der Waals surface area contributed by atoms with Gasteiger partial charge in [0.15, 0.2) is 5.69 Å². The van der Waals surface area contributed by atoms with Crippen LogP contribution in [0.1, 0.15) is 16.1 Å². The lowest BCUT2D eigenvalue weighted by Gasteiger charge is -2.05. The van der Waals surface area contributed by atoms with E-state index < -0.39 is 5.97 Å². The van der Waals surface area contributed by atoms with E-state index in [0.717, 1.165) is 0 Å². The quantitative estimate of drug-likeness (QED) is 0.697.